The van der Waals surface area contributed by atoms with Crippen molar-refractivity contribution in [2.24, 2.45) is 0 Å². The Bertz CT molecular complexity index is 286. The molecule has 12 heavy (non-hydrogen) atoms. The largest absolute Gasteiger partial charge is 0.484 e. The maximum Gasteiger partial charge on any atom is 0.259 e. The monoisotopic (exact) mass is 204 g/mol. The summed E-state index contributed by atoms with van der Waals surface area (Å²) in [7, 11) is 0. The Hall–Kier alpha value is -0.730. The van der Waals surface area contributed by atoms with E-state index < -0.39 is 5.24 Å². The highest BCUT2D eigenvalue weighted by atomic mass is 35.5. The minimum absolute atomic E-state index is 0.137. The number of hydrogen-bond acceptors (Lipinski definition) is 2. The molecule has 0 spiro atoms. The highest BCUT2D eigenvalue weighted by Crippen LogP contribution is 2.16. The Balaban J connectivity index is 2.57. The molecule has 0 aromatic heterocycles. The zero-order valence-corrected chi connectivity index (χ0v) is 7.60. The van der Waals surface area contributed by atoms with Crippen LogP contribution in [0.4, 0.5) is 0 Å². The summed E-state index contributed by atoms with van der Waals surface area (Å²) in [5, 5.41) is 0.0319. The number of hydrogen-bond donors (Lipinski definition) is 0. The van der Waals surface area contributed by atoms with Crippen LogP contribution in [-0.4, -0.2) is 11.8 Å². The second-order valence-corrected chi connectivity index (χ2v) is 2.96. The quantitative estimate of drug-likeness (QED) is 0.708. The van der Waals surface area contributed by atoms with E-state index in [9.17, 15) is 4.79 Å². The zero-order chi connectivity index (χ0) is 8.97. The summed E-state index contributed by atoms with van der Waals surface area (Å²) in [5.74, 6) is 0.538. The van der Waals surface area contributed by atoms with E-state index in [1.54, 1.807) is 24.3 Å². The zero-order valence-electron chi connectivity index (χ0n) is 6.09. The van der Waals surface area contributed by atoms with Crippen LogP contribution < -0.4 is 4.74 Å². The second-order valence-electron chi connectivity index (χ2n) is 2.10. The molecule has 1 aromatic carbocycles. The van der Waals surface area contributed by atoms with E-state index in [1.165, 1.54) is 0 Å². The molecule has 0 aliphatic rings. The lowest BCUT2D eigenvalue weighted by Crippen LogP contribution is -2.03. The van der Waals surface area contributed by atoms with Crippen LogP contribution in [0.1, 0.15) is 0 Å². The fraction of sp³-hybridized carbons (Fsp3) is 0.125. The van der Waals surface area contributed by atoms with Crippen molar-refractivity contribution in [1.29, 1.82) is 0 Å². The van der Waals surface area contributed by atoms with E-state index in [-0.39, 0.29) is 6.61 Å². The first-order valence-electron chi connectivity index (χ1n) is 3.25. The summed E-state index contributed by atoms with van der Waals surface area (Å²) in [4.78, 5) is 10.3. The van der Waals surface area contributed by atoms with Gasteiger partial charge in [0.1, 0.15) is 5.75 Å². The fourth-order valence-corrected chi connectivity index (χ4v) is 0.932. The highest BCUT2D eigenvalue weighted by molar-refractivity contribution is 6.63. The SMILES string of the molecule is O=C(Cl)COc1cccc(Cl)c1. The predicted molar refractivity (Wildman–Crippen MR) is 47.8 cm³/mol. The third-order valence-electron chi connectivity index (χ3n) is 1.15. The topological polar surface area (TPSA) is 26.3 Å². The lowest BCUT2D eigenvalue weighted by atomic mass is 10.3. The average Bonchev–Trinajstić information content (AvgIpc) is 2.01. The Morgan fingerprint density at radius 2 is 2.25 bits per heavy atom. The van der Waals surface area contributed by atoms with E-state index in [2.05, 4.69) is 0 Å². The number of carbonyl (C=O) groups excluding carboxylic acids is 1. The van der Waals surface area contributed by atoms with Gasteiger partial charge in [0.05, 0.1) is 0 Å². The third-order valence-corrected chi connectivity index (χ3v) is 1.49. The predicted octanol–water partition coefficient (Wildman–Crippen LogP) is 2.48. The summed E-state index contributed by atoms with van der Waals surface area (Å²) in [5.41, 5.74) is 0. The minimum atomic E-state index is -0.532. The van der Waals surface area contributed by atoms with Crippen molar-refractivity contribution < 1.29 is 9.53 Å². The molecule has 0 unspecified atom stereocenters. The van der Waals surface area contributed by atoms with Gasteiger partial charge >= 0.3 is 0 Å². The number of carbonyl (C=O) groups is 1. The Morgan fingerprint density at radius 3 is 2.83 bits per heavy atom. The first-order chi connectivity index (χ1) is 5.68. The van der Waals surface area contributed by atoms with Gasteiger partial charge in [-0.25, -0.2) is 0 Å². The maximum absolute atomic E-state index is 10.3. The Labute approximate surface area is 80.0 Å². The molecule has 0 atom stereocenters. The van der Waals surface area contributed by atoms with Gasteiger partial charge in [-0.15, -0.1) is 0 Å². The molecular formula is C8H6Cl2O2. The summed E-state index contributed by atoms with van der Waals surface area (Å²) < 4.78 is 4.98. The molecule has 0 amide bonds. The van der Waals surface area contributed by atoms with Gasteiger partial charge in [0, 0.05) is 5.02 Å². The van der Waals surface area contributed by atoms with Crippen molar-refractivity contribution in [2.45, 2.75) is 0 Å². The van der Waals surface area contributed by atoms with Gasteiger partial charge in [0.2, 0.25) is 0 Å². The molecule has 1 aromatic rings. The normalized spacial score (nSPS) is 9.50. The molecule has 0 aliphatic heterocycles. The van der Waals surface area contributed by atoms with Gasteiger partial charge in [0.15, 0.2) is 6.61 Å². The highest BCUT2D eigenvalue weighted by Gasteiger charge is 1.98. The van der Waals surface area contributed by atoms with Crippen molar-refractivity contribution in [3.8, 4) is 5.75 Å². The summed E-state index contributed by atoms with van der Waals surface area (Å²) in [6.07, 6.45) is 0. The van der Waals surface area contributed by atoms with Gasteiger partial charge in [-0.1, -0.05) is 17.7 Å². The summed E-state index contributed by atoms with van der Waals surface area (Å²) in [6, 6.07) is 6.76. The van der Waals surface area contributed by atoms with Crippen LogP contribution in [0.5, 0.6) is 5.75 Å². The molecule has 64 valence electrons. The second kappa shape index (κ2) is 4.33. The van der Waals surface area contributed by atoms with Crippen molar-refractivity contribution in [3.63, 3.8) is 0 Å². The molecule has 0 aliphatic carbocycles. The van der Waals surface area contributed by atoms with E-state index in [4.69, 9.17) is 27.9 Å². The molecule has 0 saturated carbocycles. The summed E-state index contributed by atoms with van der Waals surface area (Å²) >= 11 is 10.7. The Kier molecular flexibility index (Phi) is 3.38. The van der Waals surface area contributed by atoms with Gasteiger partial charge in [0.25, 0.3) is 5.24 Å². The maximum atomic E-state index is 10.3. The van der Waals surface area contributed by atoms with Crippen LogP contribution in [0.15, 0.2) is 24.3 Å². The van der Waals surface area contributed by atoms with Gasteiger partial charge in [-0.2, -0.15) is 0 Å². The van der Waals surface area contributed by atoms with Crippen molar-refractivity contribution in [3.05, 3.63) is 29.3 Å². The van der Waals surface area contributed by atoms with Gasteiger partial charge in [-0.3, -0.25) is 4.79 Å². The van der Waals surface area contributed by atoms with Crippen molar-refractivity contribution in [1.82, 2.24) is 0 Å². The van der Waals surface area contributed by atoms with Crippen LogP contribution >= 0.6 is 23.2 Å². The number of benzene rings is 1. The van der Waals surface area contributed by atoms with E-state index in [1.807, 2.05) is 0 Å². The smallest absolute Gasteiger partial charge is 0.259 e. The van der Waals surface area contributed by atoms with E-state index in [0.717, 1.165) is 0 Å². The molecule has 0 radical (unpaired) electrons. The Morgan fingerprint density at radius 1 is 1.50 bits per heavy atom. The van der Waals surface area contributed by atoms with Crippen LogP contribution in [0, 0.1) is 0 Å². The third kappa shape index (κ3) is 3.11. The molecule has 0 bridgehead atoms. The number of halogens is 2. The summed E-state index contributed by atoms with van der Waals surface area (Å²) in [6.45, 7) is -0.137. The first kappa shape index (κ1) is 9.36. The lowest BCUT2D eigenvalue weighted by molar-refractivity contribution is -0.113. The molecule has 0 heterocycles. The first-order valence-corrected chi connectivity index (χ1v) is 4.01. The number of ether oxygens (including phenoxy) is 1. The molecule has 4 heteroatoms. The van der Waals surface area contributed by atoms with Crippen LogP contribution in [0.3, 0.4) is 0 Å². The van der Waals surface area contributed by atoms with Crippen LogP contribution in [0.25, 0.3) is 0 Å². The average molecular weight is 205 g/mol. The van der Waals surface area contributed by atoms with Crippen LogP contribution in [0.2, 0.25) is 5.02 Å². The van der Waals surface area contributed by atoms with E-state index in [0.29, 0.717) is 10.8 Å². The minimum Gasteiger partial charge on any atom is -0.484 e. The van der Waals surface area contributed by atoms with Crippen molar-refractivity contribution in [2.75, 3.05) is 6.61 Å². The molecule has 0 N–H and O–H groups in total. The van der Waals surface area contributed by atoms with Crippen molar-refractivity contribution >= 4 is 28.4 Å². The van der Waals surface area contributed by atoms with Gasteiger partial charge < -0.3 is 4.74 Å². The molecule has 0 saturated heterocycles. The molecular weight excluding hydrogens is 199 g/mol. The molecule has 0 fully saturated rings. The fourth-order valence-electron chi connectivity index (χ4n) is 0.697. The van der Waals surface area contributed by atoms with Gasteiger partial charge in [-0.05, 0) is 29.8 Å². The molecule has 2 nitrogen and oxygen atoms in total. The van der Waals surface area contributed by atoms with E-state index >= 15 is 0 Å². The lowest BCUT2D eigenvalue weighted by Gasteiger charge is -2.01. The molecule has 1 rings (SSSR count). The standard InChI is InChI=1S/C8H6Cl2O2/c9-6-2-1-3-7(4-6)12-5-8(10)11/h1-4H,5H2. The van der Waals surface area contributed by atoms with Crippen LogP contribution in [-0.2, 0) is 4.79 Å². The number of rotatable bonds is 3.